The van der Waals surface area contributed by atoms with Gasteiger partial charge in [-0.25, -0.2) is 4.39 Å². The Balaban J connectivity index is 1.66. The first-order valence-corrected chi connectivity index (χ1v) is 9.23. The lowest BCUT2D eigenvalue weighted by molar-refractivity contribution is -0.917. The molecule has 1 fully saturated rings. The number of hydrogen-bond donors (Lipinski definition) is 1. The first-order valence-electron chi connectivity index (χ1n) is 9.23. The van der Waals surface area contributed by atoms with E-state index in [0.717, 1.165) is 25.2 Å². The molecule has 1 aliphatic heterocycles. The third-order valence-corrected chi connectivity index (χ3v) is 5.01. The van der Waals surface area contributed by atoms with Gasteiger partial charge in [-0.2, -0.15) is 0 Å². The first-order chi connectivity index (χ1) is 13.5. The third-order valence-electron chi connectivity index (χ3n) is 5.01. The van der Waals surface area contributed by atoms with E-state index in [1.807, 2.05) is 11.0 Å². The van der Waals surface area contributed by atoms with E-state index in [1.54, 1.807) is 24.3 Å². The predicted octanol–water partition coefficient (Wildman–Crippen LogP) is 1.39. The number of halogens is 1. The summed E-state index contributed by atoms with van der Waals surface area (Å²) in [6, 6.07) is 10.0. The minimum atomic E-state index is -0.215. The summed E-state index contributed by atoms with van der Waals surface area (Å²) in [5.74, 6) is 1.10. The van der Waals surface area contributed by atoms with Crippen LogP contribution < -0.4 is 19.1 Å². The highest BCUT2D eigenvalue weighted by Crippen LogP contribution is 2.38. The molecule has 1 amide bonds. The number of methoxy groups -OCH3 is 3. The number of hydrogen-bond acceptors (Lipinski definition) is 4. The lowest BCUT2D eigenvalue weighted by atomic mass is 10.1. The Morgan fingerprint density at radius 3 is 2.21 bits per heavy atom. The van der Waals surface area contributed by atoms with Crippen LogP contribution in [0.3, 0.4) is 0 Å². The molecule has 150 valence electrons. The van der Waals surface area contributed by atoms with Crippen molar-refractivity contribution in [1.82, 2.24) is 4.90 Å². The molecular formula is C21H26FN2O4+. The zero-order valence-corrected chi connectivity index (χ0v) is 16.5. The number of benzene rings is 2. The Morgan fingerprint density at radius 1 is 1.04 bits per heavy atom. The first kappa shape index (κ1) is 19.9. The number of nitrogens with one attached hydrogen (secondary N) is 1. The van der Waals surface area contributed by atoms with E-state index in [4.69, 9.17) is 14.2 Å². The molecule has 0 unspecified atom stereocenters. The van der Waals surface area contributed by atoms with E-state index in [-0.39, 0.29) is 11.7 Å². The average molecular weight is 389 g/mol. The van der Waals surface area contributed by atoms with E-state index in [9.17, 15) is 9.18 Å². The molecule has 1 saturated heterocycles. The van der Waals surface area contributed by atoms with Gasteiger partial charge in [-0.1, -0.05) is 12.1 Å². The highest BCUT2D eigenvalue weighted by atomic mass is 19.1. The number of rotatable bonds is 6. The van der Waals surface area contributed by atoms with Crippen molar-refractivity contribution in [3.63, 3.8) is 0 Å². The molecular weight excluding hydrogens is 363 g/mol. The van der Waals surface area contributed by atoms with E-state index >= 15 is 0 Å². The van der Waals surface area contributed by atoms with E-state index < -0.39 is 0 Å². The van der Waals surface area contributed by atoms with Crippen LogP contribution >= 0.6 is 0 Å². The van der Waals surface area contributed by atoms with Crippen molar-refractivity contribution in [3.8, 4) is 17.2 Å². The number of carbonyl (C=O) groups excluding carboxylic acids is 1. The number of piperazine rings is 1. The van der Waals surface area contributed by atoms with Crippen molar-refractivity contribution in [2.45, 2.75) is 6.54 Å². The average Bonchev–Trinajstić information content (AvgIpc) is 2.72. The van der Waals surface area contributed by atoms with Crippen molar-refractivity contribution < 1.29 is 28.3 Å². The lowest BCUT2D eigenvalue weighted by Crippen LogP contribution is -3.13. The monoisotopic (exact) mass is 389 g/mol. The Bertz CT molecular complexity index is 810. The SMILES string of the molecule is COc1cc(C(=O)N2CC[NH+](Cc3cccc(F)c3)CC2)cc(OC)c1OC. The molecule has 3 rings (SSSR count). The fourth-order valence-corrected chi connectivity index (χ4v) is 3.53. The van der Waals surface area contributed by atoms with Gasteiger partial charge < -0.3 is 24.0 Å². The maximum Gasteiger partial charge on any atom is 0.254 e. The summed E-state index contributed by atoms with van der Waals surface area (Å²) >= 11 is 0. The molecule has 0 saturated carbocycles. The number of carbonyl (C=O) groups is 1. The minimum absolute atomic E-state index is 0.0657. The van der Waals surface area contributed by atoms with Gasteiger partial charge in [-0.3, -0.25) is 4.79 Å². The molecule has 6 nitrogen and oxygen atoms in total. The number of nitrogens with zero attached hydrogens (tertiary/aromatic N) is 1. The van der Waals surface area contributed by atoms with Crippen LogP contribution in [0.15, 0.2) is 36.4 Å². The van der Waals surface area contributed by atoms with Crippen molar-refractivity contribution >= 4 is 5.91 Å². The molecule has 0 bridgehead atoms. The minimum Gasteiger partial charge on any atom is -0.493 e. The molecule has 0 atom stereocenters. The highest BCUT2D eigenvalue weighted by molar-refractivity contribution is 5.95. The summed E-state index contributed by atoms with van der Waals surface area (Å²) in [5, 5.41) is 0. The van der Waals surface area contributed by atoms with Crippen molar-refractivity contribution in [2.75, 3.05) is 47.5 Å². The van der Waals surface area contributed by atoms with Crippen molar-refractivity contribution in [1.29, 1.82) is 0 Å². The van der Waals surface area contributed by atoms with Gasteiger partial charge in [0.05, 0.1) is 47.5 Å². The van der Waals surface area contributed by atoms with Gasteiger partial charge in [0.1, 0.15) is 12.4 Å². The van der Waals surface area contributed by atoms with Crippen LogP contribution in [0.25, 0.3) is 0 Å². The van der Waals surface area contributed by atoms with Gasteiger partial charge in [0.2, 0.25) is 5.75 Å². The normalized spacial score (nSPS) is 14.6. The predicted molar refractivity (Wildman–Crippen MR) is 103 cm³/mol. The molecule has 1 heterocycles. The topological polar surface area (TPSA) is 52.4 Å². The highest BCUT2D eigenvalue weighted by Gasteiger charge is 2.26. The number of quaternary nitrogens is 1. The number of ether oxygens (including phenoxy) is 3. The zero-order valence-electron chi connectivity index (χ0n) is 16.5. The summed E-state index contributed by atoms with van der Waals surface area (Å²) in [6.45, 7) is 3.66. The van der Waals surface area contributed by atoms with Crippen LogP contribution in [-0.2, 0) is 6.54 Å². The standard InChI is InChI=1S/C21H25FN2O4/c1-26-18-12-16(13-19(27-2)20(18)28-3)21(25)24-9-7-23(8-10-24)14-15-5-4-6-17(22)11-15/h4-6,11-13H,7-10,14H2,1-3H3/p+1. The molecule has 0 spiro atoms. The van der Waals surface area contributed by atoms with Gasteiger partial charge in [0.25, 0.3) is 5.91 Å². The summed E-state index contributed by atoms with van der Waals surface area (Å²) < 4.78 is 29.4. The largest absolute Gasteiger partial charge is 0.493 e. The Morgan fingerprint density at radius 2 is 1.68 bits per heavy atom. The second-order valence-corrected chi connectivity index (χ2v) is 6.76. The van der Waals surface area contributed by atoms with Gasteiger partial charge in [0, 0.05) is 11.1 Å². The molecule has 1 aliphatic rings. The zero-order chi connectivity index (χ0) is 20.1. The van der Waals surface area contributed by atoms with Crippen LogP contribution in [0.1, 0.15) is 15.9 Å². The maximum absolute atomic E-state index is 13.4. The summed E-state index contributed by atoms with van der Waals surface area (Å²) in [4.78, 5) is 16.1. The van der Waals surface area contributed by atoms with Crippen molar-refractivity contribution in [2.24, 2.45) is 0 Å². The quantitative estimate of drug-likeness (QED) is 0.811. The van der Waals surface area contributed by atoms with Gasteiger partial charge in [0.15, 0.2) is 11.5 Å². The van der Waals surface area contributed by atoms with Gasteiger partial charge in [-0.15, -0.1) is 0 Å². The van der Waals surface area contributed by atoms with Crippen LogP contribution in [-0.4, -0.2) is 58.3 Å². The van der Waals surface area contributed by atoms with Gasteiger partial charge >= 0.3 is 0 Å². The molecule has 1 N–H and O–H groups in total. The maximum atomic E-state index is 13.4. The van der Waals surface area contributed by atoms with E-state index in [2.05, 4.69) is 0 Å². The lowest BCUT2D eigenvalue weighted by Gasteiger charge is -2.32. The third kappa shape index (κ3) is 4.36. The van der Waals surface area contributed by atoms with Crippen LogP contribution in [0.4, 0.5) is 4.39 Å². The summed E-state index contributed by atoms with van der Waals surface area (Å²) in [6.07, 6.45) is 0. The molecule has 0 radical (unpaired) electrons. The summed E-state index contributed by atoms with van der Waals surface area (Å²) in [5.41, 5.74) is 1.47. The summed E-state index contributed by atoms with van der Waals surface area (Å²) in [7, 11) is 4.59. The Labute approximate surface area is 164 Å². The Kier molecular flexibility index (Phi) is 6.36. The second kappa shape index (κ2) is 8.93. The van der Waals surface area contributed by atoms with Crippen molar-refractivity contribution in [3.05, 3.63) is 53.3 Å². The van der Waals surface area contributed by atoms with E-state index in [0.29, 0.717) is 35.9 Å². The fourth-order valence-electron chi connectivity index (χ4n) is 3.53. The van der Waals surface area contributed by atoms with Gasteiger partial charge in [-0.05, 0) is 24.3 Å². The second-order valence-electron chi connectivity index (χ2n) is 6.76. The van der Waals surface area contributed by atoms with Crippen LogP contribution in [0.2, 0.25) is 0 Å². The molecule has 2 aromatic carbocycles. The molecule has 2 aromatic rings. The van der Waals surface area contributed by atoms with Crippen LogP contribution in [0, 0.1) is 5.82 Å². The molecule has 28 heavy (non-hydrogen) atoms. The molecule has 0 aromatic heterocycles. The number of amides is 1. The van der Waals surface area contributed by atoms with E-state index in [1.165, 1.54) is 32.3 Å². The smallest absolute Gasteiger partial charge is 0.254 e. The molecule has 0 aliphatic carbocycles. The molecule has 7 heteroatoms. The Hall–Kier alpha value is -2.80. The fraction of sp³-hybridized carbons (Fsp3) is 0.381. The van der Waals surface area contributed by atoms with Crippen LogP contribution in [0.5, 0.6) is 17.2 Å².